The van der Waals surface area contributed by atoms with Gasteiger partial charge in [-0.2, -0.15) is 0 Å². The van der Waals surface area contributed by atoms with Gasteiger partial charge in [-0.3, -0.25) is 4.79 Å². The number of anilines is 1. The van der Waals surface area contributed by atoms with E-state index in [1.54, 1.807) is 6.92 Å². The first-order chi connectivity index (χ1) is 18.7. The minimum atomic E-state index is -0.0906. The van der Waals surface area contributed by atoms with Gasteiger partial charge in [0, 0.05) is 30.8 Å². The highest BCUT2D eigenvalue weighted by Gasteiger charge is 2.18. The summed E-state index contributed by atoms with van der Waals surface area (Å²) in [6.45, 7) is 16.5. The lowest BCUT2D eigenvalue weighted by molar-refractivity contribution is -0.117. The molecule has 1 N–H and O–H groups in total. The molecule has 3 rings (SSSR count). The lowest BCUT2D eigenvalue weighted by Crippen LogP contribution is -2.28. The van der Waals surface area contributed by atoms with Gasteiger partial charge in [-0.1, -0.05) is 76.9 Å². The summed E-state index contributed by atoms with van der Waals surface area (Å²) in [5, 5.41) is 5.69. The van der Waals surface area contributed by atoms with Gasteiger partial charge in [-0.25, -0.2) is 0 Å². The van der Waals surface area contributed by atoms with Crippen molar-refractivity contribution in [2.75, 3.05) is 18.0 Å². The first-order valence-corrected chi connectivity index (χ1v) is 14.9. The van der Waals surface area contributed by atoms with Gasteiger partial charge in [-0.15, -0.1) is 0 Å². The molecular weight excluding hydrogens is 480 g/mol. The van der Waals surface area contributed by atoms with Crippen molar-refractivity contribution in [2.45, 2.75) is 99.5 Å². The predicted molar refractivity (Wildman–Crippen MR) is 168 cm³/mol. The normalized spacial score (nSPS) is 11.5. The number of nitrogens with zero attached hydrogens (tertiary/aromatic N) is 1. The summed E-state index contributed by atoms with van der Waals surface area (Å²) in [4.78, 5) is 25.9. The fraction of sp³-hybridized carbons (Fsp3) is 0.486. The summed E-state index contributed by atoms with van der Waals surface area (Å²) in [6, 6.07) is 19.1. The van der Waals surface area contributed by atoms with Crippen LogP contribution in [0.4, 0.5) is 5.69 Å². The topological polar surface area (TPSA) is 49.4 Å². The third-order valence-electron chi connectivity index (χ3n) is 7.13. The number of Topliss-reactive ketones (excluding diaryl/α,β-unsaturated/α-hetero) is 1. The van der Waals surface area contributed by atoms with Crippen molar-refractivity contribution in [2.24, 2.45) is 0 Å². The van der Waals surface area contributed by atoms with Gasteiger partial charge in [0.25, 0.3) is 5.91 Å². The predicted octanol–water partition coefficient (Wildman–Crippen LogP) is 8.98. The van der Waals surface area contributed by atoms with Gasteiger partial charge in [0.15, 0.2) is 0 Å². The van der Waals surface area contributed by atoms with Crippen LogP contribution in [0.15, 0.2) is 54.6 Å². The van der Waals surface area contributed by atoms with Crippen molar-refractivity contribution in [3.05, 3.63) is 76.9 Å². The van der Waals surface area contributed by atoms with E-state index in [-0.39, 0.29) is 11.9 Å². The molecule has 0 aliphatic heterocycles. The third kappa shape index (κ3) is 9.84. The number of carbonyl (C=O) groups is 2. The number of unbranched alkanes of at least 4 members (excludes halogenated alkanes) is 2. The van der Waals surface area contributed by atoms with Gasteiger partial charge in [0.2, 0.25) is 0 Å². The zero-order valence-corrected chi connectivity index (χ0v) is 25.4. The molecule has 4 heteroatoms. The van der Waals surface area contributed by atoms with Gasteiger partial charge in [0.1, 0.15) is 5.78 Å². The van der Waals surface area contributed by atoms with Crippen LogP contribution < -0.4 is 10.2 Å². The molecule has 0 heterocycles. The average Bonchev–Trinajstić information content (AvgIpc) is 2.92. The summed E-state index contributed by atoms with van der Waals surface area (Å²) >= 11 is 0. The molecule has 4 nitrogen and oxygen atoms in total. The molecule has 0 radical (unpaired) electrons. The summed E-state index contributed by atoms with van der Waals surface area (Å²) in [6.07, 6.45) is 7.39. The molecule has 3 aromatic rings. The summed E-state index contributed by atoms with van der Waals surface area (Å²) < 4.78 is 0. The van der Waals surface area contributed by atoms with E-state index in [1.807, 2.05) is 19.1 Å². The number of hydrogen-bond donors (Lipinski definition) is 1. The SMILES string of the molecule is CCCCCC(C)=O.CCCN(CCC)c1cc(C(C)NC(=O)c2cc(CC)ccc2C)c2ccccc2c1. The monoisotopic (exact) mass is 530 g/mol. The van der Waals surface area contributed by atoms with Crippen molar-refractivity contribution < 1.29 is 9.59 Å². The second-order valence-corrected chi connectivity index (χ2v) is 10.6. The van der Waals surface area contributed by atoms with E-state index in [0.717, 1.165) is 56.3 Å². The van der Waals surface area contributed by atoms with Crippen LogP contribution in [0.3, 0.4) is 0 Å². The number of fused-ring (bicyclic) bond motifs is 1. The molecule has 1 amide bonds. The number of benzene rings is 3. The summed E-state index contributed by atoms with van der Waals surface area (Å²) in [7, 11) is 0. The number of hydrogen-bond acceptors (Lipinski definition) is 3. The lowest BCUT2D eigenvalue weighted by Gasteiger charge is -2.26. The second kappa shape index (κ2) is 16.7. The van der Waals surface area contributed by atoms with E-state index in [0.29, 0.717) is 5.78 Å². The number of aryl methyl sites for hydroxylation is 2. The molecule has 0 spiro atoms. The number of nitrogens with one attached hydrogen (secondary N) is 1. The molecule has 0 aromatic heterocycles. The van der Waals surface area contributed by atoms with Gasteiger partial charge < -0.3 is 15.0 Å². The maximum Gasteiger partial charge on any atom is 0.252 e. The molecular formula is C35H50N2O2. The zero-order chi connectivity index (χ0) is 28.8. The smallest absolute Gasteiger partial charge is 0.252 e. The van der Waals surface area contributed by atoms with Crippen LogP contribution >= 0.6 is 0 Å². The maximum absolute atomic E-state index is 13.2. The molecule has 0 saturated carbocycles. The van der Waals surface area contributed by atoms with Crippen molar-refractivity contribution >= 4 is 28.2 Å². The van der Waals surface area contributed by atoms with Crippen LogP contribution in [0.2, 0.25) is 0 Å². The zero-order valence-electron chi connectivity index (χ0n) is 25.4. The minimum Gasteiger partial charge on any atom is -0.372 e. The van der Waals surface area contributed by atoms with E-state index < -0.39 is 0 Å². The Morgan fingerprint density at radius 1 is 0.872 bits per heavy atom. The van der Waals surface area contributed by atoms with Crippen LogP contribution in [0.1, 0.15) is 113 Å². The fourth-order valence-electron chi connectivity index (χ4n) is 4.88. The number of rotatable bonds is 13. The summed E-state index contributed by atoms with van der Waals surface area (Å²) in [5.74, 6) is 0.312. The molecule has 1 atom stereocenters. The molecule has 0 fully saturated rings. The Hall–Kier alpha value is -3.14. The maximum atomic E-state index is 13.2. The Labute approximate surface area is 237 Å². The highest BCUT2D eigenvalue weighted by atomic mass is 16.1. The number of amides is 1. The average molecular weight is 531 g/mol. The second-order valence-electron chi connectivity index (χ2n) is 10.6. The van der Waals surface area contributed by atoms with Crippen LogP contribution in [0.25, 0.3) is 10.8 Å². The van der Waals surface area contributed by atoms with E-state index >= 15 is 0 Å². The molecule has 1 unspecified atom stereocenters. The van der Waals surface area contributed by atoms with Gasteiger partial charge in [0.05, 0.1) is 6.04 Å². The van der Waals surface area contributed by atoms with E-state index in [2.05, 4.69) is 87.3 Å². The van der Waals surface area contributed by atoms with Crippen molar-refractivity contribution in [1.29, 1.82) is 0 Å². The van der Waals surface area contributed by atoms with Crippen molar-refractivity contribution in [3.63, 3.8) is 0 Å². The molecule has 0 aliphatic carbocycles. The minimum absolute atomic E-state index is 0.00578. The standard InChI is InChI=1S/C28H36N2O.C7H14O/c1-6-15-30(16-7-2)24-18-23-11-9-10-12-25(23)27(19-24)21(5)29-28(31)26-17-22(8-3)14-13-20(26)4;1-3-4-5-6-7(2)8/h9-14,17-19,21H,6-8,15-16H2,1-5H3,(H,29,31);3-6H2,1-2H3. The van der Waals surface area contributed by atoms with E-state index in [4.69, 9.17) is 0 Å². The highest BCUT2D eigenvalue weighted by molar-refractivity contribution is 5.97. The lowest BCUT2D eigenvalue weighted by atomic mass is 9.97. The van der Waals surface area contributed by atoms with Crippen molar-refractivity contribution in [3.8, 4) is 0 Å². The Kier molecular flexibility index (Phi) is 13.8. The molecule has 0 aliphatic rings. The fourth-order valence-corrected chi connectivity index (χ4v) is 4.88. The molecule has 0 saturated heterocycles. The highest BCUT2D eigenvalue weighted by Crippen LogP contribution is 2.31. The van der Waals surface area contributed by atoms with E-state index in [9.17, 15) is 9.59 Å². The largest absolute Gasteiger partial charge is 0.372 e. The quantitative estimate of drug-likeness (QED) is 0.224. The first-order valence-electron chi connectivity index (χ1n) is 14.9. The van der Waals surface area contributed by atoms with Crippen LogP contribution in [0.5, 0.6) is 0 Å². The van der Waals surface area contributed by atoms with Gasteiger partial charge >= 0.3 is 0 Å². The molecule has 39 heavy (non-hydrogen) atoms. The van der Waals surface area contributed by atoms with Crippen LogP contribution in [0, 0.1) is 6.92 Å². The van der Waals surface area contributed by atoms with Crippen molar-refractivity contribution in [1.82, 2.24) is 5.32 Å². The molecule has 3 aromatic carbocycles. The van der Waals surface area contributed by atoms with Gasteiger partial charge in [-0.05, 0) is 92.1 Å². The third-order valence-corrected chi connectivity index (χ3v) is 7.13. The molecule has 0 bridgehead atoms. The molecule has 212 valence electrons. The first kappa shape index (κ1) is 32.1. The number of carbonyl (C=O) groups excluding carboxylic acids is 2. The van der Waals surface area contributed by atoms with Crippen LogP contribution in [-0.2, 0) is 11.2 Å². The summed E-state index contributed by atoms with van der Waals surface area (Å²) in [5.41, 5.74) is 5.37. The Morgan fingerprint density at radius 2 is 1.56 bits per heavy atom. The number of ketones is 1. The Bertz CT molecular complexity index is 1190. The Morgan fingerprint density at radius 3 is 2.18 bits per heavy atom. The van der Waals surface area contributed by atoms with E-state index in [1.165, 1.54) is 40.4 Å². The Balaban J connectivity index is 0.000000580. The van der Waals surface area contributed by atoms with Crippen LogP contribution in [-0.4, -0.2) is 24.8 Å².